The lowest BCUT2D eigenvalue weighted by Gasteiger charge is -2.33. The fourth-order valence-electron chi connectivity index (χ4n) is 3.40. The second kappa shape index (κ2) is 9.39. The highest BCUT2D eigenvalue weighted by Crippen LogP contribution is 2.28. The van der Waals surface area contributed by atoms with Crippen LogP contribution in [0.2, 0.25) is 5.02 Å². The van der Waals surface area contributed by atoms with Gasteiger partial charge in [-0.05, 0) is 61.4 Å². The largest absolute Gasteiger partial charge is 0.325 e. The number of hydrogen-bond donors (Lipinski definition) is 1. The van der Waals surface area contributed by atoms with Gasteiger partial charge in [-0.15, -0.1) is 0 Å². The Morgan fingerprint density at radius 2 is 1.64 bits per heavy atom. The predicted molar refractivity (Wildman–Crippen MR) is 115 cm³/mol. The normalized spacial score (nSPS) is 15.5. The van der Waals surface area contributed by atoms with Crippen LogP contribution >= 0.6 is 27.5 Å². The zero-order chi connectivity index (χ0) is 20.1. The molecule has 0 heterocycles. The Labute approximate surface area is 179 Å². The van der Waals surface area contributed by atoms with Crippen LogP contribution in [0.15, 0.2) is 57.9 Å². The van der Waals surface area contributed by atoms with E-state index in [0.29, 0.717) is 10.7 Å². The van der Waals surface area contributed by atoms with Crippen LogP contribution < -0.4 is 5.32 Å². The number of carbonyl (C=O) groups excluding carboxylic acids is 1. The van der Waals surface area contributed by atoms with Gasteiger partial charge in [-0.3, -0.25) is 4.79 Å². The van der Waals surface area contributed by atoms with Crippen molar-refractivity contribution in [3.05, 3.63) is 58.0 Å². The van der Waals surface area contributed by atoms with E-state index >= 15 is 0 Å². The molecule has 0 aliphatic heterocycles. The molecule has 1 aliphatic rings. The van der Waals surface area contributed by atoms with Crippen molar-refractivity contribution in [1.29, 1.82) is 0 Å². The van der Waals surface area contributed by atoms with E-state index in [1.807, 2.05) is 12.1 Å². The van der Waals surface area contributed by atoms with Crippen molar-refractivity contribution in [2.75, 3.05) is 11.9 Å². The average Bonchev–Trinajstić information content (AvgIpc) is 2.69. The van der Waals surface area contributed by atoms with Crippen LogP contribution in [0.5, 0.6) is 0 Å². The molecular weight excluding hydrogens is 464 g/mol. The summed E-state index contributed by atoms with van der Waals surface area (Å²) < 4.78 is 28.8. The molecule has 2 aromatic carbocycles. The van der Waals surface area contributed by atoms with Gasteiger partial charge in [0.1, 0.15) is 0 Å². The van der Waals surface area contributed by atoms with E-state index in [4.69, 9.17) is 11.6 Å². The molecule has 1 aliphatic carbocycles. The molecule has 150 valence electrons. The Morgan fingerprint density at radius 1 is 1.04 bits per heavy atom. The lowest BCUT2D eigenvalue weighted by Crippen LogP contribution is -2.45. The van der Waals surface area contributed by atoms with E-state index < -0.39 is 10.0 Å². The minimum atomic E-state index is -3.81. The molecule has 1 fully saturated rings. The lowest BCUT2D eigenvalue weighted by atomic mass is 9.95. The first-order valence-corrected chi connectivity index (χ1v) is 11.8. The maximum Gasteiger partial charge on any atom is 0.243 e. The van der Waals surface area contributed by atoms with E-state index in [9.17, 15) is 13.2 Å². The number of nitrogens with one attached hydrogen (secondary N) is 1. The van der Waals surface area contributed by atoms with E-state index in [-0.39, 0.29) is 23.4 Å². The Hall–Kier alpha value is -1.41. The minimum Gasteiger partial charge on any atom is -0.325 e. The molecule has 0 aromatic heterocycles. The molecule has 8 heteroatoms. The van der Waals surface area contributed by atoms with E-state index in [1.165, 1.54) is 16.4 Å². The van der Waals surface area contributed by atoms with Gasteiger partial charge in [0, 0.05) is 21.2 Å². The number of anilines is 1. The van der Waals surface area contributed by atoms with Crippen molar-refractivity contribution in [3.63, 3.8) is 0 Å². The fourth-order valence-corrected chi connectivity index (χ4v) is 5.43. The Kier molecular flexibility index (Phi) is 7.15. The number of carbonyl (C=O) groups is 1. The molecule has 3 rings (SSSR count). The van der Waals surface area contributed by atoms with Gasteiger partial charge in [0.05, 0.1) is 11.4 Å². The molecular formula is C20H22BrClN2O3S. The summed E-state index contributed by atoms with van der Waals surface area (Å²) >= 11 is 9.25. The van der Waals surface area contributed by atoms with Crippen LogP contribution in [-0.2, 0) is 14.8 Å². The number of amides is 1. The van der Waals surface area contributed by atoms with Crippen LogP contribution in [0.3, 0.4) is 0 Å². The number of benzene rings is 2. The number of halogens is 2. The van der Waals surface area contributed by atoms with Crippen LogP contribution in [0, 0.1) is 0 Å². The summed E-state index contributed by atoms with van der Waals surface area (Å²) in [4.78, 5) is 12.8. The second-order valence-corrected chi connectivity index (χ2v) is 10.1. The van der Waals surface area contributed by atoms with Gasteiger partial charge in [0.2, 0.25) is 15.9 Å². The highest BCUT2D eigenvalue weighted by molar-refractivity contribution is 9.10. The smallest absolute Gasteiger partial charge is 0.243 e. The average molecular weight is 486 g/mol. The van der Waals surface area contributed by atoms with Crippen molar-refractivity contribution in [1.82, 2.24) is 4.31 Å². The third-order valence-corrected chi connectivity index (χ3v) is 7.52. The minimum absolute atomic E-state index is 0.152. The molecule has 0 unspecified atom stereocenters. The monoisotopic (exact) mass is 484 g/mol. The quantitative estimate of drug-likeness (QED) is 0.621. The Bertz CT molecular complexity index is 911. The van der Waals surface area contributed by atoms with Gasteiger partial charge in [0.15, 0.2) is 0 Å². The van der Waals surface area contributed by atoms with E-state index in [1.54, 1.807) is 24.3 Å². The standard InChI is InChI=1S/C20H22BrClN2O3S/c21-15-6-10-17(11-7-15)23-20(25)14-24(18-4-2-1-3-5-18)28(26,27)19-12-8-16(22)9-13-19/h6-13,18H,1-5,14H2,(H,23,25). The van der Waals surface area contributed by atoms with Crippen LogP contribution in [0.25, 0.3) is 0 Å². The SMILES string of the molecule is O=C(CN(C1CCCCC1)S(=O)(=O)c1ccc(Cl)cc1)Nc1ccc(Br)cc1. The van der Waals surface area contributed by atoms with Crippen molar-refractivity contribution in [3.8, 4) is 0 Å². The molecule has 5 nitrogen and oxygen atoms in total. The summed E-state index contributed by atoms with van der Waals surface area (Å²) in [6.45, 7) is -0.217. The predicted octanol–water partition coefficient (Wildman–Crippen LogP) is 5.06. The molecule has 1 N–H and O–H groups in total. The first-order chi connectivity index (χ1) is 13.4. The maximum atomic E-state index is 13.3. The van der Waals surface area contributed by atoms with Gasteiger partial charge < -0.3 is 5.32 Å². The Balaban J connectivity index is 1.83. The van der Waals surface area contributed by atoms with Crippen LogP contribution in [-0.4, -0.2) is 31.2 Å². The Morgan fingerprint density at radius 3 is 2.25 bits per heavy atom. The number of sulfonamides is 1. The van der Waals surface area contributed by atoms with Gasteiger partial charge in [-0.1, -0.05) is 46.8 Å². The molecule has 0 spiro atoms. The van der Waals surface area contributed by atoms with Crippen molar-refractivity contribution < 1.29 is 13.2 Å². The van der Waals surface area contributed by atoms with Crippen molar-refractivity contribution in [2.45, 2.75) is 43.0 Å². The summed E-state index contributed by atoms with van der Waals surface area (Å²) in [7, 11) is -3.81. The summed E-state index contributed by atoms with van der Waals surface area (Å²) in [5.74, 6) is -0.356. The number of hydrogen-bond acceptors (Lipinski definition) is 3. The zero-order valence-corrected chi connectivity index (χ0v) is 18.4. The summed E-state index contributed by atoms with van der Waals surface area (Å²) in [6, 6.07) is 13.1. The van der Waals surface area contributed by atoms with Crippen LogP contribution in [0.1, 0.15) is 32.1 Å². The van der Waals surface area contributed by atoms with Gasteiger partial charge >= 0.3 is 0 Å². The summed E-state index contributed by atoms with van der Waals surface area (Å²) in [5, 5.41) is 3.25. The highest BCUT2D eigenvalue weighted by Gasteiger charge is 2.34. The maximum absolute atomic E-state index is 13.3. The number of rotatable bonds is 6. The molecule has 0 bridgehead atoms. The number of nitrogens with zero attached hydrogens (tertiary/aromatic N) is 1. The molecule has 2 aromatic rings. The van der Waals surface area contributed by atoms with Gasteiger partial charge in [-0.25, -0.2) is 8.42 Å². The lowest BCUT2D eigenvalue weighted by molar-refractivity contribution is -0.116. The molecule has 1 saturated carbocycles. The molecule has 1 amide bonds. The summed E-state index contributed by atoms with van der Waals surface area (Å²) in [5.41, 5.74) is 0.626. The van der Waals surface area contributed by atoms with Crippen molar-refractivity contribution in [2.24, 2.45) is 0 Å². The second-order valence-electron chi connectivity index (χ2n) is 6.85. The topological polar surface area (TPSA) is 66.5 Å². The molecule has 0 atom stereocenters. The van der Waals surface area contributed by atoms with E-state index in [0.717, 1.165) is 36.6 Å². The van der Waals surface area contributed by atoms with Crippen molar-refractivity contribution >= 4 is 49.1 Å². The summed E-state index contributed by atoms with van der Waals surface area (Å²) in [6.07, 6.45) is 4.55. The van der Waals surface area contributed by atoms with E-state index in [2.05, 4.69) is 21.2 Å². The molecule has 0 radical (unpaired) electrons. The third-order valence-electron chi connectivity index (χ3n) is 4.83. The zero-order valence-electron chi connectivity index (χ0n) is 15.3. The molecule has 0 saturated heterocycles. The first-order valence-electron chi connectivity index (χ1n) is 9.19. The van der Waals surface area contributed by atoms with Gasteiger partial charge in [0.25, 0.3) is 0 Å². The molecule has 28 heavy (non-hydrogen) atoms. The highest BCUT2D eigenvalue weighted by atomic mass is 79.9. The fraction of sp³-hybridized carbons (Fsp3) is 0.350. The van der Waals surface area contributed by atoms with Gasteiger partial charge in [-0.2, -0.15) is 4.31 Å². The van der Waals surface area contributed by atoms with Crippen LogP contribution in [0.4, 0.5) is 5.69 Å². The third kappa shape index (κ3) is 5.35. The first kappa shape index (κ1) is 21.3.